The average molecular weight is 307 g/mol. The molecule has 1 heterocycles. The van der Waals surface area contributed by atoms with Crippen molar-refractivity contribution in [1.29, 1.82) is 0 Å². The van der Waals surface area contributed by atoms with Gasteiger partial charge in [-0.2, -0.15) is 0 Å². The molecule has 2 aromatic rings. The van der Waals surface area contributed by atoms with Gasteiger partial charge >= 0.3 is 0 Å². The number of hydrogen-bond donors (Lipinski definition) is 0. The first-order chi connectivity index (χ1) is 10.3. The molecule has 0 bridgehead atoms. The summed E-state index contributed by atoms with van der Waals surface area (Å²) in [5, 5.41) is 0. The first kappa shape index (κ1) is 16.4. The van der Waals surface area contributed by atoms with Gasteiger partial charge in [0.2, 0.25) is 0 Å². The molecule has 118 valence electrons. The Hall–Kier alpha value is -2.01. The zero-order chi connectivity index (χ0) is 16.2. The first-order valence-corrected chi connectivity index (χ1v) is 7.00. The largest absolute Gasteiger partial charge is 0.436 e. The molecular formula is C17H19F2NO2. The van der Waals surface area contributed by atoms with E-state index in [1.165, 1.54) is 30.3 Å². The number of ether oxygens (including phenoxy) is 2. The molecule has 0 aliphatic carbocycles. The second-order valence-electron chi connectivity index (χ2n) is 6.20. The van der Waals surface area contributed by atoms with E-state index in [0.29, 0.717) is 18.1 Å². The molecule has 0 spiro atoms. The molecule has 0 aliphatic rings. The highest BCUT2D eigenvalue weighted by Gasteiger charge is 2.12. The predicted molar refractivity (Wildman–Crippen MR) is 79.8 cm³/mol. The number of nitrogens with zero attached hydrogens (tertiary/aromatic N) is 1. The van der Waals surface area contributed by atoms with Crippen LogP contribution >= 0.6 is 0 Å². The van der Waals surface area contributed by atoms with Gasteiger partial charge in [0, 0.05) is 0 Å². The van der Waals surface area contributed by atoms with Gasteiger partial charge in [-0.05, 0) is 41.8 Å². The molecule has 0 saturated heterocycles. The summed E-state index contributed by atoms with van der Waals surface area (Å²) in [6.07, 6.45) is 0. The molecule has 22 heavy (non-hydrogen) atoms. The van der Waals surface area contributed by atoms with Gasteiger partial charge in [0.25, 0.3) is 5.88 Å². The van der Waals surface area contributed by atoms with Gasteiger partial charge < -0.3 is 9.47 Å². The summed E-state index contributed by atoms with van der Waals surface area (Å²) in [6, 6.07) is 8.14. The Labute approximate surface area is 128 Å². The van der Waals surface area contributed by atoms with Crippen LogP contribution in [0.15, 0.2) is 36.4 Å². The maximum atomic E-state index is 13.7. The zero-order valence-corrected chi connectivity index (χ0v) is 12.9. The van der Waals surface area contributed by atoms with Crippen LogP contribution in [-0.2, 0) is 11.3 Å². The summed E-state index contributed by atoms with van der Waals surface area (Å²) in [7, 11) is 0. The molecule has 5 heteroatoms. The molecule has 2 rings (SSSR count). The van der Waals surface area contributed by atoms with E-state index in [1.807, 2.05) is 0 Å². The van der Waals surface area contributed by atoms with Crippen molar-refractivity contribution in [2.45, 2.75) is 27.4 Å². The molecule has 3 nitrogen and oxygen atoms in total. The predicted octanol–water partition coefficient (Wildman–Crippen LogP) is 4.71. The van der Waals surface area contributed by atoms with Gasteiger partial charge in [0.15, 0.2) is 5.82 Å². The van der Waals surface area contributed by atoms with Crippen LogP contribution in [0.2, 0.25) is 0 Å². The maximum absolute atomic E-state index is 13.7. The minimum Gasteiger partial charge on any atom is -0.436 e. The summed E-state index contributed by atoms with van der Waals surface area (Å²) in [6.45, 7) is 7.04. The topological polar surface area (TPSA) is 31.4 Å². The van der Waals surface area contributed by atoms with Gasteiger partial charge in [0.05, 0.1) is 18.9 Å². The summed E-state index contributed by atoms with van der Waals surface area (Å²) >= 11 is 0. The van der Waals surface area contributed by atoms with E-state index in [0.717, 1.165) is 0 Å². The third kappa shape index (κ3) is 5.07. The quantitative estimate of drug-likeness (QED) is 0.801. The number of rotatable bonds is 5. The summed E-state index contributed by atoms with van der Waals surface area (Å²) in [5.74, 6) is -0.793. The van der Waals surface area contributed by atoms with Crippen molar-refractivity contribution in [3.05, 3.63) is 53.7 Å². The van der Waals surface area contributed by atoms with Crippen molar-refractivity contribution in [3.63, 3.8) is 0 Å². The second-order valence-corrected chi connectivity index (χ2v) is 6.20. The van der Waals surface area contributed by atoms with E-state index in [1.54, 1.807) is 6.07 Å². The van der Waals surface area contributed by atoms with Crippen LogP contribution in [-0.4, -0.2) is 11.6 Å². The Kier molecular flexibility index (Phi) is 5.08. The molecule has 1 aromatic heterocycles. The van der Waals surface area contributed by atoms with Gasteiger partial charge in [0.1, 0.15) is 11.6 Å². The Morgan fingerprint density at radius 2 is 1.68 bits per heavy atom. The minimum atomic E-state index is -0.580. The molecule has 1 aromatic carbocycles. The van der Waals surface area contributed by atoms with Crippen LogP contribution in [0.4, 0.5) is 8.78 Å². The normalized spacial score (nSPS) is 11.5. The molecule has 0 atom stereocenters. The molecule has 0 amide bonds. The van der Waals surface area contributed by atoms with Crippen molar-refractivity contribution >= 4 is 0 Å². The van der Waals surface area contributed by atoms with Gasteiger partial charge in [-0.1, -0.05) is 20.8 Å². The van der Waals surface area contributed by atoms with E-state index >= 15 is 0 Å². The standard InChI is InChI=1S/C17H19F2NO2/c1-17(2,3)11-21-10-13-6-9-15(19)16(20-13)22-14-7-4-12(18)5-8-14/h4-9H,10-11H2,1-3H3. The molecule has 0 unspecified atom stereocenters. The van der Waals surface area contributed by atoms with Crippen LogP contribution < -0.4 is 4.74 Å². The van der Waals surface area contributed by atoms with Crippen LogP contribution in [0.1, 0.15) is 26.5 Å². The first-order valence-electron chi connectivity index (χ1n) is 7.00. The summed E-state index contributed by atoms with van der Waals surface area (Å²) < 4.78 is 37.5. The van der Waals surface area contributed by atoms with Gasteiger partial charge in [-0.15, -0.1) is 0 Å². The fourth-order valence-electron chi connectivity index (χ4n) is 1.69. The van der Waals surface area contributed by atoms with E-state index < -0.39 is 5.82 Å². The Balaban J connectivity index is 2.05. The van der Waals surface area contributed by atoms with E-state index in [9.17, 15) is 8.78 Å². The molecule has 0 saturated carbocycles. The molecule has 0 N–H and O–H groups in total. The lowest BCUT2D eigenvalue weighted by atomic mass is 9.99. The molecule has 0 radical (unpaired) electrons. The van der Waals surface area contributed by atoms with Crippen LogP contribution in [0.3, 0.4) is 0 Å². The number of aromatic nitrogens is 1. The SMILES string of the molecule is CC(C)(C)COCc1ccc(F)c(Oc2ccc(F)cc2)n1. The summed E-state index contributed by atoms with van der Waals surface area (Å²) in [5.41, 5.74) is 0.621. The third-order valence-corrected chi connectivity index (χ3v) is 2.68. The minimum absolute atomic E-state index is 0.0491. The van der Waals surface area contributed by atoms with Crippen LogP contribution in [0.5, 0.6) is 11.6 Å². The summed E-state index contributed by atoms with van der Waals surface area (Å²) in [4.78, 5) is 4.09. The van der Waals surface area contributed by atoms with Crippen molar-refractivity contribution in [2.75, 3.05) is 6.61 Å². The van der Waals surface area contributed by atoms with Crippen molar-refractivity contribution in [3.8, 4) is 11.6 Å². The maximum Gasteiger partial charge on any atom is 0.256 e. The Bertz CT molecular complexity index is 622. The number of benzene rings is 1. The van der Waals surface area contributed by atoms with Gasteiger partial charge in [-0.3, -0.25) is 0 Å². The highest BCUT2D eigenvalue weighted by atomic mass is 19.1. The lowest BCUT2D eigenvalue weighted by molar-refractivity contribution is 0.0578. The Morgan fingerprint density at radius 1 is 1.00 bits per heavy atom. The number of hydrogen-bond acceptors (Lipinski definition) is 3. The van der Waals surface area contributed by atoms with E-state index in [-0.39, 0.29) is 23.7 Å². The lowest BCUT2D eigenvalue weighted by Gasteiger charge is -2.17. The number of halogens is 2. The smallest absolute Gasteiger partial charge is 0.256 e. The second kappa shape index (κ2) is 6.83. The van der Waals surface area contributed by atoms with E-state index in [2.05, 4.69) is 25.8 Å². The fourth-order valence-corrected chi connectivity index (χ4v) is 1.69. The average Bonchev–Trinajstić information content (AvgIpc) is 2.43. The molecular weight excluding hydrogens is 288 g/mol. The van der Waals surface area contributed by atoms with Gasteiger partial charge in [-0.25, -0.2) is 13.8 Å². The molecule has 0 aliphatic heterocycles. The monoisotopic (exact) mass is 307 g/mol. The highest BCUT2D eigenvalue weighted by Crippen LogP contribution is 2.23. The van der Waals surface area contributed by atoms with Crippen molar-refractivity contribution in [2.24, 2.45) is 5.41 Å². The van der Waals surface area contributed by atoms with Crippen molar-refractivity contribution < 1.29 is 18.3 Å². The van der Waals surface area contributed by atoms with E-state index in [4.69, 9.17) is 9.47 Å². The fraction of sp³-hybridized carbons (Fsp3) is 0.353. The lowest BCUT2D eigenvalue weighted by Crippen LogP contribution is -2.14. The highest BCUT2D eigenvalue weighted by molar-refractivity contribution is 5.28. The number of pyridine rings is 1. The Morgan fingerprint density at radius 3 is 2.32 bits per heavy atom. The van der Waals surface area contributed by atoms with Crippen molar-refractivity contribution in [1.82, 2.24) is 4.98 Å². The molecule has 0 fully saturated rings. The zero-order valence-electron chi connectivity index (χ0n) is 12.9. The third-order valence-electron chi connectivity index (χ3n) is 2.68. The van der Waals surface area contributed by atoms with Crippen LogP contribution in [0.25, 0.3) is 0 Å². The van der Waals surface area contributed by atoms with Crippen LogP contribution in [0, 0.1) is 17.0 Å².